The fourth-order valence-corrected chi connectivity index (χ4v) is 5.87. The molecule has 9 amide bonds. The summed E-state index contributed by atoms with van der Waals surface area (Å²) in [7, 11) is -9.66. The molecule has 4 aliphatic heterocycles. The maximum atomic E-state index is 12.1. The zero-order valence-electron chi connectivity index (χ0n) is 25.2. The number of nitrogens with two attached hydrogens (primary N) is 1. The molecule has 48 heavy (non-hydrogen) atoms. The number of amides is 9. The molecule has 4 heterocycles. The number of hydroxylamine groups is 6. The van der Waals surface area contributed by atoms with Gasteiger partial charge in [0.25, 0.3) is 11.8 Å². The maximum absolute atomic E-state index is 12.1. The van der Waals surface area contributed by atoms with Crippen molar-refractivity contribution in [3.63, 3.8) is 0 Å². The van der Waals surface area contributed by atoms with Gasteiger partial charge in [-0.1, -0.05) is 0 Å². The van der Waals surface area contributed by atoms with Gasteiger partial charge in [0.15, 0.2) is 0 Å². The van der Waals surface area contributed by atoms with Gasteiger partial charge >= 0.3 is 38.9 Å². The average molecular weight is 734 g/mol. The van der Waals surface area contributed by atoms with Crippen molar-refractivity contribution in [2.24, 2.45) is 5.73 Å². The Morgan fingerprint density at radius 1 is 0.750 bits per heavy atom. The van der Waals surface area contributed by atoms with E-state index in [9.17, 15) is 45.6 Å². The number of carbonyl (C=O) groups excluding carboxylic acids is 6. The zero-order chi connectivity index (χ0) is 35.8. The Kier molecular flexibility index (Phi) is 13.0. The minimum absolute atomic E-state index is 0.0318. The van der Waals surface area contributed by atoms with Crippen molar-refractivity contribution in [3.05, 3.63) is 0 Å². The predicted octanol–water partition coefficient (Wildman–Crippen LogP) is -4.12. The number of nitrogens with zero attached hydrogens (tertiary/aromatic N) is 4. The summed E-state index contributed by atoms with van der Waals surface area (Å²) in [6, 6.07) is -5.25. The number of hydrogen-bond donors (Lipinski definition) is 7. The standard InChI is InChI=1S/C11H18N4O8S.C10H17N5O8S/c1-7(16)12-4-5-22-13-10(17)9-3-2-8-6-14(9)11(18)15(8)23-24(19,20)21;11-9(17)12-3-4-22-13-8(16)7-2-1-6-5-14(7)10(18)15(6)23-24(19,20)21/h8-9H,2-6H2,1H3,(H,12,16)(H,13,17)(H,19,20,21);6-7H,1-5H2,(H,13,16)(H3,11,12,17)(H,19,20,21)/t8-,9+;6-,7+/m11/s1. The highest BCUT2D eigenvalue weighted by Crippen LogP contribution is 2.31. The highest BCUT2D eigenvalue weighted by Gasteiger charge is 2.50. The van der Waals surface area contributed by atoms with Crippen LogP contribution in [0.5, 0.6) is 0 Å². The number of rotatable bonds is 14. The minimum Gasteiger partial charge on any atom is -0.354 e. The minimum atomic E-state index is -4.84. The third-order valence-electron chi connectivity index (χ3n) is 7.03. The first-order chi connectivity index (χ1) is 22.4. The van der Waals surface area contributed by atoms with Crippen molar-refractivity contribution < 1.29 is 73.0 Å². The van der Waals surface area contributed by atoms with E-state index < -0.39 is 74.9 Å². The normalized spacial score (nSPS) is 23.3. The van der Waals surface area contributed by atoms with Crippen molar-refractivity contribution in [1.29, 1.82) is 0 Å². The van der Waals surface area contributed by atoms with E-state index >= 15 is 0 Å². The fraction of sp³-hybridized carbons (Fsp3) is 0.714. The Morgan fingerprint density at radius 2 is 1.15 bits per heavy atom. The van der Waals surface area contributed by atoms with Crippen LogP contribution in [0, 0.1) is 0 Å². The lowest BCUT2D eigenvalue weighted by Crippen LogP contribution is -2.50. The average Bonchev–Trinajstić information content (AvgIpc) is 3.35. The molecule has 0 aliphatic carbocycles. The molecule has 8 N–H and O–H groups in total. The van der Waals surface area contributed by atoms with Crippen LogP contribution >= 0.6 is 0 Å². The summed E-state index contributed by atoms with van der Waals surface area (Å²) in [5.74, 6) is -1.40. The lowest BCUT2D eigenvalue weighted by molar-refractivity contribution is -0.139. The van der Waals surface area contributed by atoms with Crippen LogP contribution in [0.1, 0.15) is 32.6 Å². The highest BCUT2D eigenvalue weighted by molar-refractivity contribution is 7.81. The van der Waals surface area contributed by atoms with Gasteiger partial charge in [0.2, 0.25) is 5.91 Å². The van der Waals surface area contributed by atoms with Crippen LogP contribution in [0.4, 0.5) is 14.4 Å². The number of nitrogens with one attached hydrogen (secondary N) is 4. The molecule has 4 saturated heterocycles. The van der Waals surface area contributed by atoms with Crippen LogP contribution in [-0.4, -0.2) is 145 Å². The molecule has 27 heteroatoms. The van der Waals surface area contributed by atoms with Gasteiger partial charge in [0.1, 0.15) is 12.1 Å². The second-order valence-electron chi connectivity index (χ2n) is 10.4. The molecule has 0 spiro atoms. The number of urea groups is 3. The molecule has 0 aromatic heterocycles. The SMILES string of the molecule is CC(=O)NCCONC(=O)[C@@H]1CC[C@@H]2CN1C(=O)N2OS(=O)(=O)O.NC(=O)NCCONC(=O)[C@@H]1CC[C@@H]2CN1C(=O)N2OS(=O)(=O)O. The number of piperidine rings is 2. The molecule has 0 saturated carbocycles. The van der Waals surface area contributed by atoms with Crippen LogP contribution in [0.2, 0.25) is 0 Å². The predicted molar refractivity (Wildman–Crippen MR) is 151 cm³/mol. The molecule has 272 valence electrons. The van der Waals surface area contributed by atoms with Crippen LogP contribution in [0.25, 0.3) is 0 Å². The van der Waals surface area contributed by atoms with Crippen LogP contribution < -0.4 is 27.3 Å². The highest BCUT2D eigenvalue weighted by atomic mass is 32.3. The topological polar surface area (TPSA) is 335 Å². The summed E-state index contributed by atoms with van der Waals surface area (Å²) >= 11 is 0. The van der Waals surface area contributed by atoms with Crippen molar-refractivity contribution >= 4 is 56.6 Å². The number of primary amides is 1. The first-order valence-corrected chi connectivity index (χ1v) is 16.8. The first kappa shape index (κ1) is 38.3. The van der Waals surface area contributed by atoms with Gasteiger partial charge in [-0.25, -0.2) is 25.3 Å². The summed E-state index contributed by atoms with van der Waals surface area (Å²) in [5.41, 5.74) is 9.17. The Bertz CT molecular complexity index is 1360. The molecule has 4 fully saturated rings. The monoisotopic (exact) mass is 733 g/mol. The Balaban J connectivity index is 0.000000260. The lowest BCUT2D eigenvalue weighted by atomic mass is 10.0. The molecule has 0 aromatic carbocycles. The van der Waals surface area contributed by atoms with Gasteiger partial charge in [-0.2, -0.15) is 27.0 Å². The smallest absolute Gasteiger partial charge is 0.354 e. The van der Waals surface area contributed by atoms with E-state index in [0.717, 1.165) is 9.80 Å². The van der Waals surface area contributed by atoms with Gasteiger partial charge < -0.3 is 26.2 Å². The van der Waals surface area contributed by atoms with E-state index in [0.29, 0.717) is 23.0 Å². The largest absolute Gasteiger partial charge is 0.418 e. The van der Waals surface area contributed by atoms with Crippen molar-refractivity contribution in [2.45, 2.75) is 56.8 Å². The Labute approximate surface area is 273 Å². The quantitative estimate of drug-likeness (QED) is 0.0506. The summed E-state index contributed by atoms with van der Waals surface area (Å²) in [5, 5.41) is 5.83. The van der Waals surface area contributed by atoms with Crippen LogP contribution in [0.15, 0.2) is 0 Å². The number of hydrogen-bond acceptors (Lipinski definition) is 14. The zero-order valence-corrected chi connectivity index (χ0v) is 26.8. The Morgan fingerprint density at radius 3 is 1.50 bits per heavy atom. The molecular weight excluding hydrogens is 698 g/mol. The fourth-order valence-electron chi connectivity index (χ4n) is 5.09. The van der Waals surface area contributed by atoms with Crippen LogP contribution in [-0.2, 0) is 53.4 Å². The van der Waals surface area contributed by atoms with Crippen molar-refractivity contribution in [1.82, 2.24) is 41.5 Å². The summed E-state index contributed by atoms with van der Waals surface area (Å²) in [4.78, 5) is 81.5. The molecule has 4 rings (SSSR count). The van der Waals surface area contributed by atoms with E-state index in [-0.39, 0.29) is 58.1 Å². The van der Waals surface area contributed by atoms with Gasteiger partial charge in [0, 0.05) is 33.1 Å². The molecule has 4 aliphatic rings. The van der Waals surface area contributed by atoms with Crippen molar-refractivity contribution in [3.8, 4) is 0 Å². The van der Waals surface area contributed by atoms with Gasteiger partial charge in [-0.3, -0.25) is 33.2 Å². The van der Waals surface area contributed by atoms with E-state index in [4.69, 9.17) is 24.5 Å². The molecule has 0 unspecified atom stereocenters. The van der Waals surface area contributed by atoms with E-state index in [1.165, 1.54) is 6.92 Å². The molecule has 4 bridgehead atoms. The molecular formula is C21H35N9O16S2. The van der Waals surface area contributed by atoms with Crippen molar-refractivity contribution in [2.75, 3.05) is 39.4 Å². The summed E-state index contributed by atoms with van der Waals surface area (Å²) in [6.07, 6.45) is 1.17. The number of fused-ring (bicyclic) bond motifs is 4. The van der Waals surface area contributed by atoms with Gasteiger partial charge in [-0.05, 0) is 25.7 Å². The summed E-state index contributed by atoms with van der Waals surface area (Å²) in [6.45, 7) is 1.83. The summed E-state index contributed by atoms with van der Waals surface area (Å²) < 4.78 is 69.0. The molecule has 25 nitrogen and oxygen atoms in total. The lowest BCUT2D eigenvalue weighted by Gasteiger charge is -2.28. The second kappa shape index (κ2) is 16.3. The molecule has 0 aromatic rings. The first-order valence-electron chi connectivity index (χ1n) is 14.0. The Hall–Kier alpha value is -4.12. The van der Waals surface area contributed by atoms with E-state index in [1.807, 2.05) is 0 Å². The molecule has 4 atom stereocenters. The third kappa shape index (κ3) is 11.0. The van der Waals surface area contributed by atoms with E-state index in [1.54, 1.807) is 0 Å². The maximum Gasteiger partial charge on any atom is 0.418 e. The van der Waals surface area contributed by atoms with Gasteiger partial charge in [-0.15, -0.1) is 8.57 Å². The second-order valence-corrected chi connectivity index (χ2v) is 12.4. The molecule has 0 radical (unpaired) electrons. The van der Waals surface area contributed by atoms with Crippen LogP contribution in [0.3, 0.4) is 0 Å². The number of carbonyl (C=O) groups is 6. The third-order valence-corrected chi connectivity index (χ3v) is 7.72. The van der Waals surface area contributed by atoms with Gasteiger partial charge in [0.05, 0.1) is 25.3 Å². The van der Waals surface area contributed by atoms with E-state index in [2.05, 4.69) is 30.2 Å².